The predicted octanol–water partition coefficient (Wildman–Crippen LogP) is 3.37. The summed E-state index contributed by atoms with van der Waals surface area (Å²) in [5, 5.41) is 2.33. The van der Waals surface area contributed by atoms with E-state index >= 15 is 0 Å². The summed E-state index contributed by atoms with van der Waals surface area (Å²) in [5.74, 6) is -3.20. The average Bonchev–Trinajstić information content (AvgIpc) is 2.78. The highest BCUT2D eigenvalue weighted by molar-refractivity contribution is 6.30. The molecule has 0 saturated carbocycles. The summed E-state index contributed by atoms with van der Waals surface area (Å²) in [6.45, 7) is 1.31. The zero-order valence-corrected chi connectivity index (χ0v) is 16.8. The van der Waals surface area contributed by atoms with Gasteiger partial charge in [0, 0.05) is 16.7 Å². The van der Waals surface area contributed by atoms with Gasteiger partial charge in [0.2, 0.25) is 0 Å². The molecule has 0 aromatic heterocycles. The molecule has 32 heavy (non-hydrogen) atoms. The Balaban J connectivity index is 1.58. The number of nitrogen functional groups attached to an aromatic ring is 1. The maximum Gasteiger partial charge on any atom is 0.341 e. The van der Waals surface area contributed by atoms with Gasteiger partial charge in [-0.25, -0.2) is 9.18 Å². The van der Waals surface area contributed by atoms with Crippen molar-refractivity contribution >= 4 is 34.8 Å². The third kappa shape index (κ3) is 3.51. The molecule has 1 aliphatic rings. The third-order valence-corrected chi connectivity index (χ3v) is 5.14. The summed E-state index contributed by atoms with van der Waals surface area (Å²) in [5.41, 5.74) is 6.13. The van der Waals surface area contributed by atoms with Crippen LogP contribution in [0.1, 0.15) is 49.1 Å². The average molecular weight is 432 g/mol. The second kappa shape index (κ2) is 8.07. The van der Waals surface area contributed by atoms with Gasteiger partial charge in [-0.15, -0.1) is 0 Å². The van der Waals surface area contributed by atoms with Gasteiger partial charge in [0.05, 0.1) is 22.5 Å². The van der Waals surface area contributed by atoms with Crippen LogP contribution in [0.5, 0.6) is 0 Å². The number of nitrogens with two attached hydrogens (primary N) is 1. The molecular formula is C24H17FN2O5. The van der Waals surface area contributed by atoms with Gasteiger partial charge < -0.3 is 15.8 Å². The number of carbonyl (C=O) groups excluding carboxylic acids is 4. The minimum Gasteiger partial charge on any atom is -0.449 e. The van der Waals surface area contributed by atoms with Crippen LogP contribution in [0.15, 0.2) is 60.7 Å². The molecule has 4 rings (SSSR count). The van der Waals surface area contributed by atoms with Gasteiger partial charge in [-0.1, -0.05) is 36.4 Å². The van der Waals surface area contributed by atoms with E-state index in [0.29, 0.717) is 0 Å². The topological polar surface area (TPSA) is 116 Å². The molecule has 1 unspecified atom stereocenters. The van der Waals surface area contributed by atoms with Crippen LogP contribution in [0.4, 0.5) is 15.8 Å². The van der Waals surface area contributed by atoms with Crippen LogP contribution in [-0.4, -0.2) is 29.5 Å². The van der Waals surface area contributed by atoms with Gasteiger partial charge in [-0.2, -0.15) is 0 Å². The van der Waals surface area contributed by atoms with Crippen molar-refractivity contribution in [1.82, 2.24) is 0 Å². The standard InChI is InChI=1S/C24H17FN2O5/c1-12(23(30)27-18-9-5-4-8-17(18)25)32-24(31)16-11-10-15-19(20(16)26)22(29)14-7-3-2-6-13(14)21(15)28/h2-12H,26H2,1H3,(H,27,30). The van der Waals surface area contributed by atoms with Crippen molar-refractivity contribution in [2.75, 3.05) is 11.1 Å². The van der Waals surface area contributed by atoms with Crippen molar-refractivity contribution in [3.63, 3.8) is 0 Å². The van der Waals surface area contributed by atoms with Crippen LogP contribution in [-0.2, 0) is 9.53 Å². The molecule has 3 N–H and O–H groups in total. The lowest BCUT2D eigenvalue weighted by Gasteiger charge is -2.20. The lowest BCUT2D eigenvalue weighted by atomic mass is 9.82. The van der Waals surface area contributed by atoms with Crippen LogP contribution < -0.4 is 11.1 Å². The number of hydrogen-bond donors (Lipinski definition) is 2. The number of hydrogen-bond acceptors (Lipinski definition) is 6. The minimum atomic E-state index is -1.28. The summed E-state index contributed by atoms with van der Waals surface area (Å²) in [6, 6.07) is 14.5. The molecule has 3 aromatic rings. The van der Waals surface area contributed by atoms with E-state index in [1.165, 1.54) is 43.3 Å². The molecule has 0 radical (unpaired) electrons. The fourth-order valence-electron chi connectivity index (χ4n) is 3.46. The summed E-state index contributed by atoms with van der Waals surface area (Å²) < 4.78 is 18.9. The van der Waals surface area contributed by atoms with Crippen LogP contribution in [0.25, 0.3) is 0 Å². The summed E-state index contributed by atoms with van der Waals surface area (Å²) in [7, 11) is 0. The number of esters is 1. The van der Waals surface area contributed by atoms with Crippen molar-refractivity contribution in [2.45, 2.75) is 13.0 Å². The Morgan fingerprint density at radius 3 is 2.22 bits per heavy atom. The van der Waals surface area contributed by atoms with E-state index in [-0.39, 0.29) is 45.0 Å². The van der Waals surface area contributed by atoms with Crippen molar-refractivity contribution in [2.24, 2.45) is 0 Å². The number of halogens is 1. The second-order valence-electron chi connectivity index (χ2n) is 7.17. The Morgan fingerprint density at radius 2 is 1.53 bits per heavy atom. The molecule has 0 heterocycles. The minimum absolute atomic E-state index is 0.0588. The van der Waals surface area contributed by atoms with Gasteiger partial charge in [0.15, 0.2) is 17.7 Å². The first kappa shape index (κ1) is 20.9. The molecule has 1 amide bonds. The number of amides is 1. The lowest BCUT2D eigenvalue weighted by molar-refractivity contribution is -0.123. The lowest BCUT2D eigenvalue weighted by Crippen LogP contribution is -2.31. The highest BCUT2D eigenvalue weighted by atomic mass is 19.1. The highest BCUT2D eigenvalue weighted by Crippen LogP contribution is 2.33. The number of nitrogens with one attached hydrogen (secondary N) is 1. The number of para-hydroxylation sites is 1. The van der Waals surface area contributed by atoms with Gasteiger partial charge >= 0.3 is 5.97 Å². The number of carbonyl (C=O) groups is 4. The number of ether oxygens (including phenoxy) is 1. The van der Waals surface area contributed by atoms with Crippen molar-refractivity contribution < 1.29 is 28.3 Å². The molecule has 8 heteroatoms. The molecular weight excluding hydrogens is 415 g/mol. The maximum absolute atomic E-state index is 13.7. The molecule has 3 aromatic carbocycles. The van der Waals surface area contributed by atoms with E-state index in [1.807, 2.05) is 0 Å². The van der Waals surface area contributed by atoms with E-state index < -0.39 is 29.6 Å². The predicted molar refractivity (Wildman–Crippen MR) is 114 cm³/mol. The fraction of sp³-hybridized carbons (Fsp3) is 0.0833. The molecule has 0 fully saturated rings. The van der Waals surface area contributed by atoms with E-state index in [2.05, 4.69) is 5.32 Å². The summed E-state index contributed by atoms with van der Waals surface area (Å²) in [4.78, 5) is 50.6. The largest absolute Gasteiger partial charge is 0.449 e. The second-order valence-corrected chi connectivity index (χ2v) is 7.17. The molecule has 0 bridgehead atoms. The molecule has 0 spiro atoms. The summed E-state index contributed by atoms with van der Waals surface area (Å²) >= 11 is 0. The third-order valence-electron chi connectivity index (χ3n) is 5.14. The van der Waals surface area contributed by atoms with Crippen molar-refractivity contribution in [1.29, 1.82) is 0 Å². The number of anilines is 2. The van der Waals surface area contributed by atoms with E-state index in [4.69, 9.17) is 10.5 Å². The van der Waals surface area contributed by atoms with Crippen LogP contribution in [0.3, 0.4) is 0 Å². The van der Waals surface area contributed by atoms with Crippen LogP contribution in [0, 0.1) is 5.82 Å². The van der Waals surface area contributed by atoms with E-state index in [9.17, 15) is 23.6 Å². The molecule has 7 nitrogen and oxygen atoms in total. The molecule has 0 saturated heterocycles. The number of benzene rings is 3. The van der Waals surface area contributed by atoms with Crippen molar-refractivity contribution in [3.05, 3.63) is 94.3 Å². The Morgan fingerprint density at radius 1 is 0.906 bits per heavy atom. The fourth-order valence-corrected chi connectivity index (χ4v) is 3.46. The van der Waals surface area contributed by atoms with Gasteiger partial charge in [-0.3, -0.25) is 14.4 Å². The van der Waals surface area contributed by atoms with E-state index in [1.54, 1.807) is 24.3 Å². The first-order chi connectivity index (χ1) is 15.3. The Kier molecular flexibility index (Phi) is 5.28. The van der Waals surface area contributed by atoms with Crippen LogP contribution in [0.2, 0.25) is 0 Å². The Labute approximate surface area is 182 Å². The van der Waals surface area contributed by atoms with Gasteiger partial charge in [0.25, 0.3) is 5.91 Å². The Bertz CT molecular complexity index is 1300. The maximum atomic E-state index is 13.7. The normalized spacial score (nSPS) is 13.1. The quantitative estimate of drug-likeness (QED) is 0.377. The van der Waals surface area contributed by atoms with Crippen LogP contribution >= 0.6 is 0 Å². The van der Waals surface area contributed by atoms with Gasteiger partial charge in [-0.05, 0) is 31.2 Å². The first-order valence-electron chi connectivity index (χ1n) is 9.67. The SMILES string of the molecule is CC(OC(=O)c1ccc2c(c1N)C(=O)c1ccccc1C2=O)C(=O)Nc1ccccc1F. The van der Waals surface area contributed by atoms with Gasteiger partial charge in [0.1, 0.15) is 5.82 Å². The number of rotatable bonds is 4. The zero-order chi connectivity index (χ0) is 23.0. The zero-order valence-electron chi connectivity index (χ0n) is 16.8. The molecule has 1 atom stereocenters. The Hall–Kier alpha value is -4.33. The number of fused-ring (bicyclic) bond motifs is 2. The summed E-state index contributed by atoms with van der Waals surface area (Å²) in [6.07, 6.45) is -1.28. The molecule has 0 aliphatic heterocycles. The number of ketones is 2. The highest BCUT2D eigenvalue weighted by Gasteiger charge is 2.33. The molecule has 1 aliphatic carbocycles. The smallest absolute Gasteiger partial charge is 0.341 e. The van der Waals surface area contributed by atoms with Crippen molar-refractivity contribution in [3.8, 4) is 0 Å². The molecule has 160 valence electrons. The van der Waals surface area contributed by atoms with E-state index in [0.717, 1.165) is 0 Å². The monoisotopic (exact) mass is 432 g/mol. The first-order valence-corrected chi connectivity index (χ1v) is 9.67.